The van der Waals surface area contributed by atoms with E-state index in [1.807, 2.05) is 68.7 Å². The maximum atomic E-state index is 12.4. The number of ether oxygens (including phenoxy) is 1. The summed E-state index contributed by atoms with van der Waals surface area (Å²) in [7, 11) is 4.02. The molecule has 25 heavy (non-hydrogen) atoms. The van der Waals surface area contributed by atoms with Gasteiger partial charge in [-0.3, -0.25) is 4.79 Å². The van der Waals surface area contributed by atoms with Gasteiger partial charge in [0.25, 0.3) is 0 Å². The van der Waals surface area contributed by atoms with E-state index in [2.05, 4.69) is 9.80 Å². The molecule has 0 amide bonds. The lowest BCUT2D eigenvalue weighted by Gasteiger charge is -2.28. The lowest BCUT2D eigenvalue weighted by Crippen LogP contribution is -2.36. The quantitative estimate of drug-likeness (QED) is 0.618. The van der Waals surface area contributed by atoms with Gasteiger partial charge in [-0.25, -0.2) is 0 Å². The molecule has 0 unspecified atom stereocenters. The first-order valence-electron chi connectivity index (χ1n) is 8.56. The lowest BCUT2D eigenvalue weighted by atomic mass is 10.1. The number of anilines is 2. The summed E-state index contributed by atoms with van der Waals surface area (Å²) < 4.78 is 5.37. The highest BCUT2D eigenvalue weighted by atomic mass is 16.5. The van der Waals surface area contributed by atoms with Gasteiger partial charge in [0.1, 0.15) is 0 Å². The Kier molecular flexibility index (Phi) is 5.51. The van der Waals surface area contributed by atoms with Gasteiger partial charge in [0.15, 0.2) is 5.78 Å². The first kappa shape index (κ1) is 17.2. The Balaban J connectivity index is 1.64. The largest absolute Gasteiger partial charge is 0.378 e. The van der Waals surface area contributed by atoms with E-state index in [-0.39, 0.29) is 5.78 Å². The summed E-state index contributed by atoms with van der Waals surface area (Å²) in [5.41, 5.74) is 4.01. The molecular weight excluding hydrogens is 312 g/mol. The molecule has 0 atom stereocenters. The molecule has 1 aliphatic heterocycles. The number of hydrogen-bond donors (Lipinski definition) is 0. The molecule has 3 rings (SSSR count). The van der Waals surface area contributed by atoms with Crippen LogP contribution >= 0.6 is 0 Å². The minimum absolute atomic E-state index is 0.0187. The van der Waals surface area contributed by atoms with Crippen molar-refractivity contribution in [3.8, 4) is 0 Å². The molecule has 1 fully saturated rings. The Bertz CT molecular complexity index is 727. The molecule has 1 aliphatic rings. The first-order valence-corrected chi connectivity index (χ1v) is 8.56. The van der Waals surface area contributed by atoms with Crippen LogP contribution in [-0.4, -0.2) is 46.2 Å². The van der Waals surface area contributed by atoms with Crippen molar-refractivity contribution in [2.75, 3.05) is 50.2 Å². The Labute approximate surface area is 149 Å². The van der Waals surface area contributed by atoms with E-state index >= 15 is 0 Å². The highest BCUT2D eigenvalue weighted by molar-refractivity contribution is 6.07. The van der Waals surface area contributed by atoms with Gasteiger partial charge in [0.05, 0.1) is 13.2 Å². The van der Waals surface area contributed by atoms with Crippen molar-refractivity contribution < 1.29 is 9.53 Å². The number of morpholine rings is 1. The molecular formula is C21H24N2O2. The van der Waals surface area contributed by atoms with Gasteiger partial charge in [-0.15, -0.1) is 0 Å². The maximum absolute atomic E-state index is 12.4. The lowest BCUT2D eigenvalue weighted by molar-refractivity contribution is 0.104. The van der Waals surface area contributed by atoms with Crippen LogP contribution in [0.4, 0.5) is 11.4 Å². The molecule has 0 spiro atoms. The molecule has 2 aromatic carbocycles. The van der Waals surface area contributed by atoms with E-state index < -0.39 is 0 Å². The van der Waals surface area contributed by atoms with Crippen LogP contribution in [0.25, 0.3) is 6.08 Å². The van der Waals surface area contributed by atoms with Crippen LogP contribution in [0.2, 0.25) is 0 Å². The Morgan fingerprint density at radius 1 is 1.00 bits per heavy atom. The average molecular weight is 336 g/mol. The van der Waals surface area contributed by atoms with E-state index in [9.17, 15) is 4.79 Å². The molecule has 4 nitrogen and oxygen atoms in total. The van der Waals surface area contributed by atoms with Gasteiger partial charge in [0, 0.05) is 44.1 Å². The third-order valence-corrected chi connectivity index (χ3v) is 4.36. The van der Waals surface area contributed by atoms with Crippen LogP contribution < -0.4 is 9.80 Å². The standard InChI is InChI=1S/C21H24N2O2/c1-22(2)19-8-3-17(4-9-19)5-12-21(24)18-6-10-20(11-7-18)23-13-15-25-16-14-23/h3-12H,13-16H2,1-2H3/b12-5+. The summed E-state index contributed by atoms with van der Waals surface area (Å²) in [5, 5.41) is 0. The molecule has 0 saturated carbocycles. The molecule has 0 aliphatic carbocycles. The van der Waals surface area contributed by atoms with Gasteiger partial charge in [-0.2, -0.15) is 0 Å². The minimum atomic E-state index is 0.0187. The average Bonchev–Trinajstić information content (AvgIpc) is 2.67. The van der Waals surface area contributed by atoms with Crippen molar-refractivity contribution in [1.82, 2.24) is 0 Å². The topological polar surface area (TPSA) is 32.8 Å². The second kappa shape index (κ2) is 7.99. The summed E-state index contributed by atoms with van der Waals surface area (Å²) >= 11 is 0. The second-order valence-corrected chi connectivity index (χ2v) is 6.33. The van der Waals surface area contributed by atoms with Crippen LogP contribution in [0.1, 0.15) is 15.9 Å². The summed E-state index contributed by atoms with van der Waals surface area (Å²) in [6.07, 6.45) is 3.49. The van der Waals surface area contributed by atoms with Crippen LogP contribution in [0.3, 0.4) is 0 Å². The predicted octanol–water partition coefficient (Wildman–Crippen LogP) is 3.49. The molecule has 0 radical (unpaired) electrons. The molecule has 0 N–H and O–H groups in total. The summed E-state index contributed by atoms with van der Waals surface area (Å²) in [5.74, 6) is 0.0187. The first-order chi connectivity index (χ1) is 12.1. The van der Waals surface area contributed by atoms with Crippen molar-refractivity contribution in [3.05, 3.63) is 65.7 Å². The fourth-order valence-electron chi connectivity index (χ4n) is 2.81. The van der Waals surface area contributed by atoms with Crippen molar-refractivity contribution in [3.63, 3.8) is 0 Å². The van der Waals surface area contributed by atoms with E-state index in [0.29, 0.717) is 5.56 Å². The highest BCUT2D eigenvalue weighted by Crippen LogP contribution is 2.18. The van der Waals surface area contributed by atoms with Crippen molar-refractivity contribution >= 4 is 23.2 Å². The van der Waals surface area contributed by atoms with Crippen LogP contribution in [0.15, 0.2) is 54.6 Å². The number of ketones is 1. The van der Waals surface area contributed by atoms with E-state index in [1.54, 1.807) is 6.08 Å². The number of carbonyl (C=O) groups is 1. The number of carbonyl (C=O) groups excluding carboxylic acids is 1. The molecule has 4 heteroatoms. The zero-order valence-electron chi connectivity index (χ0n) is 14.8. The fourth-order valence-corrected chi connectivity index (χ4v) is 2.81. The Morgan fingerprint density at radius 3 is 2.24 bits per heavy atom. The van der Waals surface area contributed by atoms with E-state index in [1.165, 1.54) is 0 Å². The van der Waals surface area contributed by atoms with Crippen molar-refractivity contribution in [2.24, 2.45) is 0 Å². The number of rotatable bonds is 5. The Morgan fingerprint density at radius 2 is 1.64 bits per heavy atom. The molecule has 1 heterocycles. The monoisotopic (exact) mass is 336 g/mol. The smallest absolute Gasteiger partial charge is 0.185 e. The highest BCUT2D eigenvalue weighted by Gasteiger charge is 2.11. The van der Waals surface area contributed by atoms with Gasteiger partial charge in [-0.05, 0) is 48.0 Å². The van der Waals surface area contributed by atoms with Crippen molar-refractivity contribution in [1.29, 1.82) is 0 Å². The number of allylic oxidation sites excluding steroid dienone is 1. The van der Waals surface area contributed by atoms with Crippen LogP contribution in [-0.2, 0) is 4.74 Å². The number of nitrogens with zero attached hydrogens (tertiary/aromatic N) is 2. The third-order valence-electron chi connectivity index (χ3n) is 4.36. The normalized spacial score (nSPS) is 14.7. The van der Waals surface area contributed by atoms with Gasteiger partial charge >= 0.3 is 0 Å². The SMILES string of the molecule is CN(C)c1ccc(/C=C/C(=O)c2ccc(N3CCOCC3)cc2)cc1. The van der Waals surface area contributed by atoms with Crippen LogP contribution in [0, 0.1) is 0 Å². The van der Waals surface area contributed by atoms with Gasteiger partial charge < -0.3 is 14.5 Å². The minimum Gasteiger partial charge on any atom is -0.378 e. The molecule has 0 bridgehead atoms. The number of benzene rings is 2. The summed E-state index contributed by atoms with van der Waals surface area (Å²) in [4.78, 5) is 16.7. The second-order valence-electron chi connectivity index (χ2n) is 6.33. The molecule has 2 aromatic rings. The zero-order valence-corrected chi connectivity index (χ0v) is 14.8. The van der Waals surface area contributed by atoms with Gasteiger partial charge in [0.2, 0.25) is 0 Å². The third kappa shape index (κ3) is 4.48. The summed E-state index contributed by atoms with van der Waals surface area (Å²) in [6, 6.07) is 15.9. The Hall–Kier alpha value is -2.59. The number of hydrogen-bond acceptors (Lipinski definition) is 4. The zero-order chi connectivity index (χ0) is 17.6. The maximum Gasteiger partial charge on any atom is 0.185 e. The van der Waals surface area contributed by atoms with Crippen molar-refractivity contribution in [2.45, 2.75) is 0 Å². The van der Waals surface area contributed by atoms with E-state index in [4.69, 9.17) is 4.74 Å². The molecule has 0 aromatic heterocycles. The summed E-state index contributed by atoms with van der Waals surface area (Å²) in [6.45, 7) is 3.32. The van der Waals surface area contributed by atoms with E-state index in [0.717, 1.165) is 43.2 Å². The predicted molar refractivity (Wildman–Crippen MR) is 104 cm³/mol. The van der Waals surface area contributed by atoms with Gasteiger partial charge in [-0.1, -0.05) is 18.2 Å². The molecule has 130 valence electrons. The molecule has 1 saturated heterocycles. The fraction of sp³-hybridized carbons (Fsp3) is 0.286. The van der Waals surface area contributed by atoms with Crippen LogP contribution in [0.5, 0.6) is 0 Å².